The largest absolute Gasteiger partial charge is 0.488 e. The lowest BCUT2D eigenvalue weighted by Crippen LogP contribution is -2.44. The van der Waals surface area contributed by atoms with E-state index in [1.165, 1.54) is 6.07 Å². The van der Waals surface area contributed by atoms with Gasteiger partial charge in [-0.2, -0.15) is 0 Å². The van der Waals surface area contributed by atoms with Crippen molar-refractivity contribution in [3.63, 3.8) is 0 Å². The number of ether oxygens (including phenoxy) is 1. The summed E-state index contributed by atoms with van der Waals surface area (Å²) in [6, 6.07) is 16.0. The molecule has 2 N–H and O–H groups in total. The first-order chi connectivity index (χ1) is 12.6. The Kier molecular flexibility index (Phi) is 8.07. The van der Waals surface area contributed by atoms with Gasteiger partial charge in [0.05, 0.1) is 6.04 Å². The number of benzene rings is 2. The fourth-order valence-corrected chi connectivity index (χ4v) is 3.30. The van der Waals surface area contributed by atoms with Crippen LogP contribution in [0.1, 0.15) is 31.4 Å². The third-order valence-corrected chi connectivity index (χ3v) is 4.76. The van der Waals surface area contributed by atoms with E-state index in [4.69, 9.17) is 4.74 Å². The second-order valence-electron chi connectivity index (χ2n) is 6.79. The zero-order valence-electron chi connectivity index (χ0n) is 15.4. The van der Waals surface area contributed by atoms with Crippen LogP contribution in [0.25, 0.3) is 0 Å². The molecule has 0 aromatic heterocycles. The van der Waals surface area contributed by atoms with Crippen LogP contribution in [-0.2, 0) is 4.79 Å². The van der Waals surface area contributed by atoms with Crippen LogP contribution < -0.4 is 15.4 Å². The summed E-state index contributed by atoms with van der Waals surface area (Å²) in [7, 11) is 0. The highest BCUT2D eigenvalue weighted by atomic mass is 35.5. The molecule has 0 saturated carbocycles. The Morgan fingerprint density at radius 3 is 2.63 bits per heavy atom. The van der Waals surface area contributed by atoms with Gasteiger partial charge in [-0.3, -0.25) is 4.79 Å². The van der Waals surface area contributed by atoms with Crippen molar-refractivity contribution in [1.29, 1.82) is 0 Å². The van der Waals surface area contributed by atoms with Crippen molar-refractivity contribution in [3.05, 3.63) is 66.0 Å². The predicted molar refractivity (Wildman–Crippen MR) is 107 cm³/mol. The van der Waals surface area contributed by atoms with Gasteiger partial charge in [0.2, 0.25) is 5.91 Å². The van der Waals surface area contributed by atoms with Gasteiger partial charge in [0.25, 0.3) is 0 Å². The number of piperidine rings is 1. The molecule has 0 spiro atoms. The van der Waals surface area contributed by atoms with E-state index in [2.05, 4.69) is 17.6 Å². The molecular formula is C21H26ClFN2O2. The Bertz CT molecular complexity index is 729. The van der Waals surface area contributed by atoms with Crippen molar-refractivity contribution >= 4 is 18.3 Å². The van der Waals surface area contributed by atoms with Crippen LogP contribution in [0.3, 0.4) is 0 Å². The smallest absolute Gasteiger partial charge is 0.223 e. The van der Waals surface area contributed by atoms with E-state index >= 15 is 0 Å². The maximum Gasteiger partial charge on any atom is 0.223 e. The van der Waals surface area contributed by atoms with E-state index in [0.717, 1.165) is 24.9 Å². The van der Waals surface area contributed by atoms with Gasteiger partial charge < -0.3 is 15.4 Å². The minimum absolute atomic E-state index is 0. The quantitative estimate of drug-likeness (QED) is 0.784. The van der Waals surface area contributed by atoms with E-state index in [1.54, 1.807) is 18.2 Å². The first-order valence-corrected chi connectivity index (χ1v) is 9.09. The maximum atomic E-state index is 13.8. The minimum Gasteiger partial charge on any atom is -0.488 e. The summed E-state index contributed by atoms with van der Waals surface area (Å²) in [5.74, 6) is -0.189. The molecule has 1 heterocycles. The van der Waals surface area contributed by atoms with Gasteiger partial charge in [0.15, 0.2) is 11.6 Å². The fourth-order valence-electron chi connectivity index (χ4n) is 3.30. The minimum atomic E-state index is -0.405. The van der Waals surface area contributed by atoms with E-state index in [-0.39, 0.29) is 42.6 Å². The van der Waals surface area contributed by atoms with Crippen LogP contribution in [0, 0.1) is 11.7 Å². The zero-order valence-corrected chi connectivity index (χ0v) is 16.2. The van der Waals surface area contributed by atoms with Crippen LogP contribution in [0.15, 0.2) is 54.6 Å². The zero-order chi connectivity index (χ0) is 18.4. The maximum absolute atomic E-state index is 13.8. The molecule has 4 nitrogen and oxygen atoms in total. The number of rotatable bonds is 6. The third-order valence-electron chi connectivity index (χ3n) is 4.76. The molecule has 0 aliphatic carbocycles. The van der Waals surface area contributed by atoms with E-state index in [9.17, 15) is 9.18 Å². The number of nitrogens with one attached hydrogen (secondary N) is 2. The van der Waals surface area contributed by atoms with Gasteiger partial charge in [-0.15, -0.1) is 12.4 Å². The Balaban J connectivity index is 0.00000261. The summed E-state index contributed by atoms with van der Waals surface area (Å²) < 4.78 is 19.5. The number of carbonyl (C=O) groups is 1. The van der Waals surface area contributed by atoms with Crippen molar-refractivity contribution < 1.29 is 13.9 Å². The molecule has 1 aliphatic heterocycles. The second kappa shape index (κ2) is 10.3. The number of para-hydroxylation sites is 1. The number of hydrogen-bond donors (Lipinski definition) is 2. The highest BCUT2D eigenvalue weighted by molar-refractivity contribution is 5.85. The van der Waals surface area contributed by atoms with Crippen molar-refractivity contribution in [3.8, 4) is 5.75 Å². The average Bonchev–Trinajstić information content (AvgIpc) is 2.67. The molecule has 1 unspecified atom stereocenters. The normalized spacial score (nSPS) is 20.2. The molecule has 1 aliphatic rings. The monoisotopic (exact) mass is 392 g/mol. The molecule has 3 rings (SSSR count). The fraction of sp³-hybridized carbons (Fsp3) is 0.381. The molecule has 1 saturated heterocycles. The van der Waals surface area contributed by atoms with Crippen molar-refractivity contribution in [1.82, 2.24) is 10.6 Å². The Hall–Kier alpha value is -2.11. The number of carbonyl (C=O) groups excluding carboxylic acids is 1. The van der Waals surface area contributed by atoms with Crippen molar-refractivity contribution in [2.75, 3.05) is 13.2 Å². The van der Waals surface area contributed by atoms with Gasteiger partial charge >= 0.3 is 0 Å². The first kappa shape index (κ1) is 21.2. The van der Waals surface area contributed by atoms with Crippen LogP contribution in [0.2, 0.25) is 0 Å². The van der Waals surface area contributed by atoms with E-state index < -0.39 is 5.82 Å². The summed E-state index contributed by atoms with van der Waals surface area (Å²) >= 11 is 0. The summed E-state index contributed by atoms with van der Waals surface area (Å²) in [6.45, 7) is 3.12. The predicted octanol–water partition coefficient (Wildman–Crippen LogP) is 3.87. The van der Waals surface area contributed by atoms with Gasteiger partial charge in [-0.25, -0.2) is 4.39 Å². The molecule has 0 radical (unpaired) electrons. The number of hydrogen-bond acceptors (Lipinski definition) is 3. The Morgan fingerprint density at radius 2 is 1.93 bits per heavy atom. The summed E-state index contributed by atoms with van der Waals surface area (Å²) in [5, 5.41) is 6.46. The van der Waals surface area contributed by atoms with Crippen LogP contribution >= 0.6 is 12.4 Å². The number of amides is 1. The highest BCUT2D eigenvalue weighted by Crippen LogP contribution is 2.22. The molecule has 3 atom stereocenters. The third kappa shape index (κ3) is 5.94. The molecular weight excluding hydrogens is 367 g/mol. The summed E-state index contributed by atoms with van der Waals surface area (Å²) in [5.41, 5.74) is 0.944. The summed E-state index contributed by atoms with van der Waals surface area (Å²) in [6.07, 6.45) is 1.65. The summed E-state index contributed by atoms with van der Waals surface area (Å²) in [4.78, 5) is 12.7. The SMILES string of the molecule is C[C@H]1C[C@@H](C(=O)NC(COc2ccccc2F)c2ccccc2)CCN1.Cl. The van der Waals surface area contributed by atoms with Crippen molar-refractivity contribution in [2.24, 2.45) is 5.92 Å². The average molecular weight is 393 g/mol. The first-order valence-electron chi connectivity index (χ1n) is 9.09. The Labute approximate surface area is 165 Å². The number of halogens is 2. The van der Waals surface area contributed by atoms with Crippen LogP contribution in [-0.4, -0.2) is 25.1 Å². The molecule has 1 amide bonds. The molecule has 146 valence electrons. The molecule has 1 fully saturated rings. The van der Waals surface area contributed by atoms with Gasteiger partial charge in [-0.05, 0) is 44.0 Å². The standard InChI is InChI=1S/C21H25FN2O2.ClH/c1-15-13-17(11-12-23-15)21(25)24-19(16-7-3-2-4-8-16)14-26-20-10-6-5-9-18(20)22;/h2-10,15,17,19,23H,11-14H2,1H3,(H,24,25);1H/t15-,17-,19?;/m0./s1. The van der Waals surface area contributed by atoms with Gasteiger partial charge in [0.1, 0.15) is 6.61 Å². The second-order valence-corrected chi connectivity index (χ2v) is 6.79. The lowest BCUT2D eigenvalue weighted by Gasteiger charge is -2.29. The van der Waals surface area contributed by atoms with E-state index in [0.29, 0.717) is 6.04 Å². The lowest BCUT2D eigenvalue weighted by molar-refractivity contribution is -0.127. The lowest BCUT2D eigenvalue weighted by atomic mass is 9.92. The highest BCUT2D eigenvalue weighted by Gasteiger charge is 2.27. The van der Waals surface area contributed by atoms with Crippen LogP contribution in [0.5, 0.6) is 5.75 Å². The van der Waals surface area contributed by atoms with E-state index in [1.807, 2.05) is 30.3 Å². The van der Waals surface area contributed by atoms with Crippen molar-refractivity contribution in [2.45, 2.75) is 31.8 Å². The Morgan fingerprint density at radius 1 is 1.22 bits per heavy atom. The molecule has 2 aromatic carbocycles. The topological polar surface area (TPSA) is 50.4 Å². The van der Waals surface area contributed by atoms with Crippen LogP contribution in [0.4, 0.5) is 4.39 Å². The molecule has 0 bridgehead atoms. The molecule has 2 aromatic rings. The van der Waals surface area contributed by atoms with Gasteiger partial charge in [0, 0.05) is 12.0 Å². The molecule has 6 heteroatoms. The molecule has 27 heavy (non-hydrogen) atoms. The van der Waals surface area contributed by atoms with Gasteiger partial charge in [-0.1, -0.05) is 42.5 Å².